The summed E-state index contributed by atoms with van der Waals surface area (Å²) < 4.78 is 1.63. The van der Waals surface area contributed by atoms with Gasteiger partial charge in [0.2, 0.25) is 0 Å². The molecular weight excluding hydrogens is 280 g/mol. The Balaban J connectivity index is 1.88. The van der Waals surface area contributed by atoms with Crippen molar-refractivity contribution in [3.8, 4) is 0 Å². The number of anilines is 1. The Morgan fingerprint density at radius 1 is 1.27 bits per heavy atom. The van der Waals surface area contributed by atoms with E-state index in [1.54, 1.807) is 17.9 Å². The zero-order valence-corrected chi connectivity index (χ0v) is 12.2. The first kappa shape index (κ1) is 14.1. The molecule has 2 N–H and O–H groups in total. The molecule has 0 bridgehead atoms. The van der Waals surface area contributed by atoms with E-state index in [1.165, 1.54) is 11.8 Å². The molecule has 0 radical (unpaired) electrons. The van der Waals surface area contributed by atoms with Crippen LogP contribution >= 0.6 is 0 Å². The maximum atomic E-state index is 11.4. The Morgan fingerprint density at radius 2 is 2.05 bits per heavy atom. The third-order valence-corrected chi connectivity index (χ3v) is 3.55. The Kier molecular flexibility index (Phi) is 3.74. The number of fused-ring (bicyclic) bond motifs is 1. The van der Waals surface area contributed by atoms with Crippen molar-refractivity contribution in [3.05, 3.63) is 53.9 Å². The van der Waals surface area contributed by atoms with Gasteiger partial charge in [0.05, 0.1) is 17.3 Å². The Labute approximate surface area is 127 Å². The SMILES string of the molecule is Cn1ncc2c(NCCc3ccccc3)c(C(=O)O)cnc21. The standard InChI is InChI=1S/C16H16N4O2/c1-20-15-12(10-19-20)14(13(9-18-15)16(21)22)17-8-7-11-5-3-2-4-6-11/h2-6,9-10H,7-8H2,1H3,(H,17,18)(H,21,22). The molecule has 2 heterocycles. The number of pyridine rings is 1. The number of carboxylic acid groups (broad SMARTS) is 1. The summed E-state index contributed by atoms with van der Waals surface area (Å²) in [6.07, 6.45) is 3.82. The van der Waals surface area contributed by atoms with E-state index in [2.05, 4.69) is 15.4 Å². The Bertz CT molecular complexity index is 812. The van der Waals surface area contributed by atoms with Gasteiger partial charge in [0.15, 0.2) is 5.65 Å². The summed E-state index contributed by atoms with van der Waals surface area (Å²) >= 11 is 0. The van der Waals surface area contributed by atoms with Crippen LogP contribution in [0.4, 0.5) is 5.69 Å². The van der Waals surface area contributed by atoms with Crippen molar-refractivity contribution < 1.29 is 9.90 Å². The Hall–Kier alpha value is -2.89. The van der Waals surface area contributed by atoms with Crippen molar-refractivity contribution in [1.82, 2.24) is 14.8 Å². The van der Waals surface area contributed by atoms with Crippen LogP contribution in [0.5, 0.6) is 0 Å². The van der Waals surface area contributed by atoms with Crippen molar-refractivity contribution in [2.75, 3.05) is 11.9 Å². The molecule has 0 amide bonds. The molecule has 0 atom stereocenters. The highest BCUT2D eigenvalue weighted by Crippen LogP contribution is 2.25. The van der Waals surface area contributed by atoms with Gasteiger partial charge in [-0.2, -0.15) is 5.10 Å². The lowest BCUT2D eigenvalue weighted by Gasteiger charge is -2.10. The first-order valence-electron chi connectivity index (χ1n) is 6.98. The van der Waals surface area contributed by atoms with Gasteiger partial charge in [-0.1, -0.05) is 30.3 Å². The number of benzene rings is 1. The quantitative estimate of drug-likeness (QED) is 0.755. The van der Waals surface area contributed by atoms with E-state index in [0.29, 0.717) is 17.9 Å². The number of hydrogen-bond acceptors (Lipinski definition) is 4. The minimum Gasteiger partial charge on any atom is -0.478 e. The number of aromatic carboxylic acids is 1. The third kappa shape index (κ3) is 2.63. The van der Waals surface area contributed by atoms with Crippen LogP contribution in [0.15, 0.2) is 42.7 Å². The van der Waals surface area contributed by atoms with Crippen molar-refractivity contribution in [1.29, 1.82) is 0 Å². The summed E-state index contributed by atoms with van der Waals surface area (Å²) in [5.74, 6) is -1.000. The van der Waals surface area contributed by atoms with E-state index in [0.717, 1.165) is 11.8 Å². The summed E-state index contributed by atoms with van der Waals surface area (Å²) in [7, 11) is 1.78. The Morgan fingerprint density at radius 3 is 2.77 bits per heavy atom. The lowest BCUT2D eigenvalue weighted by atomic mass is 10.1. The number of hydrogen-bond donors (Lipinski definition) is 2. The number of rotatable bonds is 5. The molecule has 0 saturated heterocycles. The maximum absolute atomic E-state index is 11.4. The van der Waals surface area contributed by atoms with Gasteiger partial charge in [-0.05, 0) is 12.0 Å². The van der Waals surface area contributed by atoms with Crippen LogP contribution in [-0.4, -0.2) is 32.4 Å². The minimum atomic E-state index is -1.000. The number of aromatic nitrogens is 3. The molecule has 0 unspecified atom stereocenters. The zero-order chi connectivity index (χ0) is 15.5. The van der Waals surface area contributed by atoms with Gasteiger partial charge in [0.25, 0.3) is 0 Å². The molecule has 2 aromatic heterocycles. The van der Waals surface area contributed by atoms with E-state index in [9.17, 15) is 9.90 Å². The van der Waals surface area contributed by atoms with Crippen LogP contribution < -0.4 is 5.32 Å². The molecular formula is C16H16N4O2. The summed E-state index contributed by atoms with van der Waals surface area (Å²) in [6, 6.07) is 10.0. The highest BCUT2D eigenvalue weighted by molar-refractivity contribution is 6.03. The molecule has 0 fully saturated rings. The average Bonchev–Trinajstić information content (AvgIpc) is 2.90. The average molecular weight is 296 g/mol. The highest BCUT2D eigenvalue weighted by Gasteiger charge is 2.16. The minimum absolute atomic E-state index is 0.161. The monoisotopic (exact) mass is 296 g/mol. The topological polar surface area (TPSA) is 80.0 Å². The molecule has 6 heteroatoms. The van der Waals surface area contributed by atoms with Crippen LogP contribution in [0.25, 0.3) is 11.0 Å². The second-order valence-corrected chi connectivity index (χ2v) is 5.02. The number of carboxylic acids is 1. The first-order valence-corrected chi connectivity index (χ1v) is 6.98. The molecule has 0 aliphatic heterocycles. The van der Waals surface area contributed by atoms with Crippen LogP contribution in [-0.2, 0) is 13.5 Å². The molecule has 3 aromatic rings. The van der Waals surface area contributed by atoms with Gasteiger partial charge in [-0.15, -0.1) is 0 Å². The lowest BCUT2D eigenvalue weighted by Crippen LogP contribution is -2.10. The summed E-state index contributed by atoms with van der Waals surface area (Å²) in [5.41, 5.74) is 2.59. The van der Waals surface area contributed by atoms with E-state index in [4.69, 9.17) is 0 Å². The van der Waals surface area contributed by atoms with Crippen LogP contribution in [0.2, 0.25) is 0 Å². The normalized spacial score (nSPS) is 10.8. The van der Waals surface area contributed by atoms with Gasteiger partial charge in [-0.25, -0.2) is 9.78 Å². The van der Waals surface area contributed by atoms with Crippen molar-refractivity contribution >= 4 is 22.7 Å². The molecule has 6 nitrogen and oxygen atoms in total. The van der Waals surface area contributed by atoms with Gasteiger partial charge in [0, 0.05) is 19.8 Å². The number of carbonyl (C=O) groups is 1. The molecule has 0 saturated carbocycles. The van der Waals surface area contributed by atoms with E-state index in [1.807, 2.05) is 30.3 Å². The van der Waals surface area contributed by atoms with Gasteiger partial charge in [0.1, 0.15) is 5.56 Å². The third-order valence-electron chi connectivity index (χ3n) is 3.55. The zero-order valence-electron chi connectivity index (χ0n) is 12.2. The molecule has 0 spiro atoms. The van der Waals surface area contributed by atoms with E-state index < -0.39 is 5.97 Å². The summed E-state index contributed by atoms with van der Waals surface area (Å²) in [6.45, 7) is 0.637. The van der Waals surface area contributed by atoms with Crippen LogP contribution in [0.3, 0.4) is 0 Å². The lowest BCUT2D eigenvalue weighted by molar-refractivity contribution is 0.0697. The smallest absolute Gasteiger partial charge is 0.339 e. The predicted octanol–water partition coefficient (Wildman–Crippen LogP) is 2.32. The van der Waals surface area contributed by atoms with E-state index >= 15 is 0 Å². The number of nitrogens with one attached hydrogen (secondary N) is 1. The number of nitrogens with zero attached hydrogens (tertiary/aromatic N) is 3. The fourth-order valence-electron chi connectivity index (χ4n) is 2.42. The maximum Gasteiger partial charge on any atom is 0.339 e. The van der Waals surface area contributed by atoms with E-state index in [-0.39, 0.29) is 5.56 Å². The second kappa shape index (κ2) is 5.85. The van der Waals surface area contributed by atoms with Gasteiger partial charge in [-0.3, -0.25) is 4.68 Å². The molecule has 22 heavy (non-hydrogen) atoms. The van der Waals surface area contributed by atoms with Gasteiger partial charge < -0.3 is 10.4 Å². The molecule has 1 aromatic carbocycles. The molecule has 0 aliphatic carbocycles. The summed E-state index contributed by atoms with van der Waals surface area (Å²) in [5, 5.41) is 17.4. The first-order chi connectivity index (χ1) is 10.7. The highest BCUT2D eigenvalue weighted by atomic mass is 16.4. The van der Waals surface area contributed by atoms with Crippen LogP contribution in [0.1, 0.15) is 15.9 Å². The van der Waals surface area contributed by atoms with Crippen molar-refractivity contribution in [2.24, 2.45) is 7.05 Å². The fourth-order valence-corrected chi connectivity index (χ4v) is 2.42. The summed E-state index contributed by atoms with van der Waals surface area (Å²) in [4.78, 5) is 15.6. The second-order valence-electron chi connectivity index (χ2n) is 5.02. The number of aryl methyl sites for hydroxylation is 1. The van der Waals surface area contributed by atoms with Crippen molar-refractivity contribution in [2.45, 2.75) is 6.42 Å². The molecule has 3 rings (SSSR count). The predicted molar refractivity (Wildman–Crippen MR) is 84.1 cm³/mol. The van der Waals surface area contributed by atoms with Gasteiger partial charge >= 0.3 is 5.97 Å². The van der Waals surface area contributed by atoms with Crippen LogP contribution in [0, 0.1) is 0 Å². The molecule has 112 valence electrons. The largest absolute Gasteiger partial charge is 0.478 e. The molecule has 0 aliphatic rings. The van der Waals surface area contributed by atoms with Crippen molar-refractivity contribution in [3.63, 3.8) is 0 Å². The fraction of sp³-hybridized carbons (Fsp3) is 0.188.